The predicted molar refractivity (Wildman–Crippen MR) is 174 cm³/mol. The summed E-state index contributed by atoms with van der Waals surface area (Å²) >= 11 is 25.7. The van der Waals surface area contributed by atoms with E-state index in [4.69, 9.17) is 46.4 Å². The number of thioether (sulfide) groups is 1. The highest BCUT2D eigenvalue weighted by Crippen LogP contribution is 2.32. The molecule has 0 unspecified atom stereocenters. The molecular formula is C27H24Cl4N10OS. The quantitative estimate of drug-likeness (QED) is 0.0995. The minimum atomic E-state index is -0.397. The molecule has 5 heterocycles. The van der Waals surface area contributed by atoms with Gasteiger partial charge in [0.05, 0.1) is 31.2 Å². The third-order valence-electron chi connectivity index (χ3n) is 5.13. The zero-order valence-corrected chi connectivity index (χ0v) is 26.8. The van der Waals surface area contributed by atoms with Crippen LogP contribution >= 0.6 is 58.2 Å². The van der Waals surface area contributed by atoms with Crippen molar-refractivity contribution in [3.63, 3.8) is 0 Å². The average molecular weight is 678 g/mol. The Morgan fingerprint density at radius 2 is 1.44 bits per heavy atom. The second kappa shape index (κ2) is 17.0. The Morgan fingerprint density at radius 1 is 0.884 bits per heavy atom. The van der Waals surface area contributed by atoms with Gasteiger partial charge in [-0.3, -0.25) is 36.0 Å². The molecule has 0 aliphatic rings. The summed E-state index contributed by atoms with van der Waals surface area (Å²) in [5.74, 6) is 5.35. The Morgan fingerprint density at radius 3 is 1.95 bits per heavy atom. The molecule has 0 atom stereocenters. The molecule has 5 rings (SSSR count). The van der Waals surface area contributed by atoms with Gasteiger partial charge in [-0.2, -0.15) is 5.10 Å². The Hall–Kier alpha value is -3.49. The Balaban J connectivity index is 0.000000216. The molecule has 16 heteroatoms. The molecule has 0 bridgehead atoms. The first kappa shape index (κ1) is 34.0. The highest BCUT2D eigenvalue weighted by Gasteiger charge is 2.17. The summed E-state index contributed by atoms with van der Waals surface area (Å²) in [6, 6.07) is 7.08. The number of nitrogens with one attached hydrogen (secondary N) is 1. The summed E-state index contributed by atoms with van der Waals surface area (Å²) in [7, 11) is 3.46. The number of hydrogen-bond acceptors (Lipinski definition) is 10. The molecular weight excluding hydrogens is 654 g/mol. The Labute approximate surface area is 271 Å². The number of hydrazine groups is 1. The third kappa shape index (κ3) is 9.25. The number of aliphatic imine (C=N–C) groups is 1. The van der Waals surface area contributed by atoms with E-state index in [1.54, 1.807) is 48.7 Å². The van der Waals surface area contributed by atoms with Crippen molar-refractivity contribution in [1.29, 1.82) is 0 Å². The number of nitrogens with two attached hydrogens (primary N) is 1. The van der Waals surface area contributed by atoms with Gasteiger partial charge in [-0.05, 0) is 37.6 Å². The molecule has 3 N–H and O–H groups in total. The van der Waals surface area contributed by atoms with E-state index in [0.29, 0.717) is 53.5 Å². The molecule has 11 nitrogen and oxygen atoms in total. The molecule has 1 amide bonds. The van der Waals surface area contributed by atoms with Crippen molar-refractivity contribution in [3.8, 4) is 22.8 Å². The van der Waals surface area contributed by atoms with E-state index in [1.807, 2.05) is 19.2 Å². The lowest BCUT2D eigenvalue weighted by Crippen LogP contribution is -2.13. The molecule has 5 aromatic heterocycles. The van der Waals surface area contributed by atoms with E-state index in [2.05, 4.69) is 46.3 Å². The van der Waals surface area contributed by atoms with Gasteiger partial charge in [0.1, 0.15) is 5.04 Å². The van der Waals surface area contributed by atoms with E-state index < -0.39 is 5.91 Å². The number of carbonyl (C=O) groups excluding carboxylic acids is 1. The van der Waals surface area contributed by atoms with Crippen molar-refractivity contribution in [1.82, 2.24) is 40.1 Å². The zero-order chi connectivity index (χ0) is 31.4. The van der Waals surface area contributed by atoms with Crippen LogP contribution in [0.15, 0.2) is 78.8 Å². The Bertz CT molecular complexity index is 1650. The van der Waals surface area contributed by atoms with Crippen LogP contribution in [0.25, 0.3) is 22.8 Å². The van der Waals surface area contributed by atoms with Crippen molar-refractivity contribution in [2.24, 2.45) is 17.9 Å². The number of rotatable bonds is 4. The number of aryl methyl sites for hydroxylation is 1. The van der Waals surface area contributed by atoms with E-state index in [9.17, 15) is 4.79 Å². The van der Waals surface area contributed by atoms with Crippen LogP contribution < -0.4 is 11.3 Å². The number of aromatic nitrogens is 7. The largest absolute Gasteiger partial charge is 0.279 e. The van der Waals surface area contributed by atoms with Crippen LogP contribution in [0.2, 0.25) is 20.1 Å². The summed E-state index contributed by atoms with van der Waals surface area (Å²) < 4.78 is 1.67. The van der Waals surface area contributed by atoms with Crippen LogP contribution in [-0.4, -0.2) is 59.0 Å². The van der Waals surface area contributed by atoms with Gasteiger partial charge >= 0.3 is 0 Å². The lowest BCUT2D eigenvalue weighted by Gasteiger charge is -2.07. The Kier molecular flexibility index (Phi) is 13.4. The number of pyridine rings is 4. The molecule has 5 aromatic rings. The lowest BCUT2D eigenvalue weighted by atomic mass is 10.2. The van der Waals surface area contributed by atoms with Crippen LogP contribution in [0.1, 0.15) is 15.9 Å². The van der Waals surface area contributed by atoms with Crippen molar-refractivity contribution in [2.75, 3.05) is 13.3 Å². The van der Waals surface area contributed by atoms with Crippen LogP contribution in [0.4, 0.5) is 0 Å². The second-order valence-corrected chi connectivity index (χ2v) is 10.5. The minimum Gasteiger partial charge on any atom is -0.272 e. The van der Waals surface area contributed by atoms with Crippen LogP contribution in [0.3, 0.4) is 0 Å². The summed E-state index contributed by atoms with van der Waals surface area (Å²) in [5.41, 5.74) is 4.61. The maximum absolute atomic E-state index is 12.1. The van der Waals surface area contributed by atoms with Crippen molar-refractivity contribution in [2.45, 2.75) is 0 Å². The van der Waals surface area contributed by atoms with Gasteiger partial charge in [-0.25, -0.2) is 14.7 Å². The first-order valence-electron chi connectivity index (χ1n) is 12.1. The van der Waals surface area contributed by atoms with Crippen molar-refractivity contribution in [3.05, 3.63) is 105 Å². The van der Waals surface area contributed by atoms with Gasteiger partial charge < -0.3 is 0 Å². The van der Waals surface area contributed by atoms with E-state index in [-0.39, 0.29) is 0 Å². The maximum Gasteiger partial charge on any atom is 0.279 e. The summed E-state index contributed by atoms with van der Waals surface area (Å²) in [4.78, 5) is 36.4. The van der Waals surface area contributed by atoms with Gasteiger partial charge in [0, 0.05) is 67.7 Å². The monoisotopic (exact) mass is 676 g/mol. The predicted octanol–water partition coefficient (Wildman–Crippen LogP) is 6.06. The fourth-order valence-electron chi connectivity index (χ4n) is 3.33. The smallest absolute Gasteiger partial charge is 0.272 e. The fraction of sp³-hybridized carbons (Fsp3) is 0.111. The number of hydrogen-bond donors (Lipinski definition) is 2. The molecule has 0 aliphatic carbocycles. The highest BCUT2D eigenvalue weighted by molar-refractivity contribution is 8.13. The van der Waals surface area contributed by atoms with Crippen LogP contribution in [0.5, 0.6) is 0 Å². The normalized spacial score (nSPS) is 10.7. The zero-order valence-electron chi connectivity index (χ0n) is 22.9. The average Bonchev–Trinajstić information content (AvgIpc) is 3.38. The standard InChI is InChI=1S/C13H9Cl2N5.C13H9Cl2N3OS.CH6N2/c1-20-13(8-3-2-4-16-5-8)18-12(19-20)11-9(14)6-17-7-10(11)15;1-20-13(11-9(14)6-17-7-10(11)15)18-12(19)8-3-2-4-16-5-8;1-3-2/h2*2-7H,1H3;3H,2H2,1H3. The molecule has 0 fully saturated rings. The fourth-order valence-corrected chi connectivity index (χ4v) is 5.11. The van der Waals surface area contributed by atoms with Gasteiger partial charge in [0.2, 0.25) is 0 Å². The summed E-state index contributed by atoms with van der Waals surface area (Å²) in [6.07, 6.45) is 14.2. The second-order valence-electron chi connectivity index (χ2n) is 8.04. The van der Waals surface area contributed by atoms with Crippen LogP contribution in [-0.2, 0) is 7.05 Å². The third-order valence-corrected chi connectivity index (χ3v) is 6.96. The highest BCUT2D eigenvalue weighted by atomic mass is 35.5. The number of halogens is 4. The number of carbonyl (C=O) groups is 1. The van der Waals surface area contributed by atoms with Crippen molar-refractivity contribution >= 4 is 69.1 Å². The molecule has 222 valence electrons. The molecule has 0 aromatic carbocycles. The topological polar surface area (TPSA) is 150 Å². The maximum atomic E-state index is 12.1. The summed E-state index contributed by atoms with van der Waals surface area (Å²) in [6.45, 7) is 0. The van der Waals surface area contributed by atoms with Crippen molar-refractivity contribution < 1.29 is 4.79 Å². The summed E-state index contributed by atoms with van der Waals surface area (Å²) in [5, 5.41) is 6.34. The van der Waals surface area contributed by atoms with Gasteiger partial charge in [-0.15, -0.1) is 11.8 Å². The first-order valence-corrected chi connectivity index (χ1v) is 14.8. The molecule has 43 heavy (non-hydrogen) atoms. The van der Waals surface area contributed by atoms with E-state index in [0.717, 1.165) is 5.56 Å². The minimum absolute atomic E-state index is 0.351. The SMILES string of the molecule is CNN.CSC(=NC(=O)c1cccnc1)c1c(Cl)cncc1Cl.Cn1nc(-c2c(Cl)cncc2Cl)nc1-c1cccnc1. The first-order chi connectivity index (χ1) is 20.7. The molecule has 0 saturated carbocycles. The molecule has 0 saturated heterocycles. The number of nitrogens with zero attached hydrogens (tertiary/aromatic N) is 8. The molecule has 0 spiro atoms. The molecule has 0 aliphatic heterocycles. The molecule has 0 radical (unpaired) electrons. The van der Waals surface area contributed by atoms with Gasteiger partial charge in [-0.1, -0.05) is 46.4 Å². The van der Waals surface area contributed by atoms with Crippen LogP contribution in [0, 0.1) is 0 Å². The van der Waals surface area contributed by atoms with Gasteiger partial charge in [0.25, 0.3) is 5.91 Å². The van der Waals surface area contributed by atoms with E-state index >= 15 is 0 Å². The van der Waals surface area contributed by atoms with E-state index in [1.165, 1.54) is 42.7 Å². The lowest BCUT2D eigenvalue weighted by molar-refractivity contribution is 0.100. The number of amides is 1. The van der Waals surface area contributed by atoms with Gasteiger partial charge in [0.15, 0.2) is 11.6 Å².